The van der Waals surface area contributed by atoms with Gasteiger partial charge in [0.2, 0.25) is 0 Å². The van der Waals surface area contributed by atoms with Gasteiger partial charge >= 0.3 is 6.09 Å². The van der Waals surface area contributed by atoms with Crippen molar-refractivity contribution in [3.63, 3.8) is 0 Å². The van der Waals surface area contributed by atoms with Crippen molar-refractivity contribution in [2.75, 3.05) is 25.0 Å². The molecule has 1 aliphatic carbocycles. The lowest BCUT2D eigenvalue weighted by atomic mass is 9.97. The van der Waals surface area contributed by atoms with Crippen LogP contribution in [0, 0.1) is 11.8 Å². The number of amides is 1. The molecule has 2 fully saturated rings. The number of rotatable bonds is 4. The number of benzene rings is 2. The average Bonchev–Trinajstić information content (AvgIpc) is 2.93. The summed E-state index contributed by atoms with van der Waals surface area (Å²) in [5.41, 5.74) is 1.66. The summed E-state index contributed by atoms with van der Waals surface area (Å²) >= 11 is 0. The molecule has 2 unspecified atom stereocenters. The molecule has 2 atom stereocenters. The van der Waals surface area contributed by atoms with E-state index in [4.69, 9.17) is 4.74 Å². The molecule has 0 radical (unpaired) electrons. The molecule has 1 N–H and O–H groups in total. The highest BCUT2D eigenvalue weighted by atomic mass is 16.6. The number of carbonyl (C=O) groups excluding carboxylic acids is 2. The van der Waals surface area contributed by atoms with Gasteiger partial charge < -0.3 is 10.1 Å². The fourth-order valence-electron chi connectivity index (χ4n) is 4.22. The number of ketones is 1. The van der Waals surface area contributed by atoms with Gasteiger partial charge in [0, 0.05) is 43.1 Å². The van der Waals surface area contributed by atoms with Crippen molar-refractivity contribution < 1.29 is 14.3 Å². The number of hydrogen-bond donors (Lipinski definition) is 1. The summed E-state index contributed by atoms with van der Waals surface area (Å²) in [6.07, 6.45) is 1.77. The quantitative estimate of drug-likeness (QED) is 0.844. The van der Waals surface area contributed by atoms with Crippen LogP contribution in [0.25, 0.3) is 0 Å². The van der Waals surface area contributed by atoms with Gasteiger partial charge in [0.15, 0.2) is 5.78 Å². The van der Waals surface area contributed by atoms with Gasteiger partial charge in [-0.15, -0.1) is 0 Å². The van der Waals surface area contributed by atoms with Crippen LogP contribution in [0.4, 0.5) is 10.5 Å². The summed E-state index contributed by atoms with van der Waals surface area (Å²) in [5.74, 6) is 0.678. The summed E-state index contributed by atoms with van der Waals surface area (Å²) in [5, 5.41) is 3.40. The van der Waals surface area contributed by atoms with Crippen LogP contribution < -0.4 is 10.2 Å². The maximum atomic E-state index is 12.9. The van der Waals surface area contributed by atoms with E-state index < -0.39 is 6.09 Å². The molecule has 2 aromatic rings. The van der Waals surface area contributed by atoms with Crippen molar-refractivity contribution in [1.29, 1.82) is 0 Å². The van der Waals surface area contributed by atoms with Crippen LogP contribution in [0.3, 0.4) is 0 Å². The van der Waals surface area contributed by atoms with Gasteiger partial charge in [0.05, 0.1) is 5.69 Å². The molecule has 1 saturated heterocycles. The maximum absolute atomic E-state index is 12.9. The summed E-state index contributed by atoms with van der Waals surface area (Å²) in [7, 11) is 1.67. The Balaban J connectivity index is 1.54. The highest BCUT2D eigenvalue weighted by molar-refractivity contribution is 6.13. The third-order valence-corrected chi connectivity index (χ3v) is 5.71. The van der Waals surface area contributed by atoms with E-state index in [1.165, 1.54) is 4.90 Å². The van der Waals surface area contributed by atoms with Crippen molar-refractivity contribution >= 4 is 17.6 Å². The van der Waals surface area contributed by atoms with E-state index in [9.17, 15) is 9.59 Å². The second-order valence-electron chi connectivity index (χ2n) is 7.38. The van der Waals surface area contributed by atoms with Gasteiger partial charge in [-0.2, -0.15) is 0 Å². The molecule has 140 valence electrons. The van der Waals surface area contributed by atoms with Crippen LogP contribution in [0.15, 0.2) is 54.6 Å². The fraction of sp³-hybridized carbons (Fsp3) is 0.364. The number of fused-ring (bicyclic) bond motifs is 2. The Morgan fingerprint density at radius 1 is 0.963 bits per heavy atom. The third kappa shape index (κ3) is 3.47. The second-order valence-corrected chi connectivity index (χ2v) is 7.38. The number of para-hydroxylation sites is 1. The van der Waals surface area contributed by atoms with Gasteiger partial charge in [0.25, 0.3) is 0 Å². The number of piperidine rings is 1. The predicted molar refractivity (Wildman–Crippen MR) is 104 cm³/mol. The highest BCUT2D eigenvalue weighted by Gasteiger charge is 2.42. The first-order chi connectivity index (χ1) is 13.1. The van der Waals surface area contributed by atoms with Gasteiger partial charge in [-0.25, -0.2) is 4.79 Å². The molecular formula is C22H24N2O3. The molecule has 1 heterocycles. The van der Waals surface area contributed by atoms with Crippen LogP contribution in [0.2, 0.25) is 0 Å². The van der Waals surface area contributed by atoms with Crippen molar-refractivity contribution in [1.82, 2.24) is 5.32 Å². The minimum atomic E-state index is -0.396. The van der Waals surface area contributed by atoms with Gasteiger partial charge in [-0.05, 0) is 25.0 Å². The topological polar surface area (TPSA) is 58.6 Å². The predicted octanol–water partition coefficient (Wildman–Crippen LogP) is 3.49. The van der Waals surface area contributed by atoms with E-state index in [1.54, 1.807) is 31.3 Å². The molecule has 2 bridgehead atoms. The Kier molecular flexibility index (Phi) is 4.94. The zero-order chi connectivity index (χ0) is 18.8. The first-order valence-electron chi connectivity index (χ1n) is 9.49. The number of carbonyl (C=O) groups is 2. The largest absolute Gasteiger partial charge is 0.445 e. The smallest absolute Gasteiger partial charge is 0.414 e. The van der Waals surface area contributed by atoms with Gasteiger partial charge in [0.1, 0.15) is 6.10 Å². The lowest BCUT2D eigenvalue weighted by molar-refractivity contribution is 0.0416. The molecular weight excluding hydrogens is 340 g/mol. The maximum Gasteiger partial charge on any atom is 0.414 e. The van der Waals surface area contributed by atoms with Crippen molar-refractivity contribution in [2.45, 2.75) is 18.9 Å². The molecule has 2 aromatic carbocycles. The van der Waals surface area contributed by atoms with Crippen LogP contribution >= 0.6 is 0 Å². The normalized spacial score (nSPS) is 23.7. The monoisotopic (exact) mass is 364 g/mol. The first-order valence-corrected chi connectivity index (χ1v) is 9.49. The third-order valence-electron chi connectivity index (χ3n) is 5.71. The SMILES string of the molecule is CN(C(=O)OC1C2CCC1CNC2)c1ccccc1C(=O)c1ccccc1. The zero-order valence-corrected chi connectivity index (χ0v) is 15.4. The standard InChI is InChI=1S/C22H24N2O3/c1-24(22(26)27-21-16-11-12-17(21)14-23-13-16)19-10-6-5-9-18(19)20(25)15-7-3-2-4-8-15/h2-10,16-17,21,23H,11-14H2,1H3. The van der Waals surface area contributed by atoms with E-state index >= 15 is 0 Å². The van der Waals surface area contributed by atoms with Gasteiger partial charge in [-0.3, -0.25) is 9.69 Å². The van der Waals surface area contributed by atoms with E-state index in [-0.39, 0.29) is 11.9 Å². The summed E-state index contributed by atoms with van der Waals surface area (Å²) in [6, 6.07) is 16.3. The molecule has 4 rings (SSSR count). The average molecular weight is 364 g/mol. The Morgan fingerprint density at radius 2 is 1.59 bits per heavy atom. The van der Waals surface area contributed by atoms with Crippen LogP contribution in [0.1, 0.15) is 28.8 Å². The second kappa shape index (κ2) is 7.53. The highest BCUT2D eigenvalue weighted by Crippen LogP contribution is 2.36. The van der Waals surface area contributed by atoms with Crippen molar-refractivity contribution in [3.05, 3.63) is 65.7 Å². The molecule has 1 aliphatic heterocycles. The summed E-state index contributed by atoms with van der Waals surface area (Å²) < 4.78 is 5.87. The molecule has 27 heavy (non-hydrogen) atoms. The molecule has 5 nitrogen and oxygen atoms in total. The number of hydrogen-bond acceptors (Lipinski definition) is 4. The summed E-state index contributed by atoms with van der Waals surface area (Å²) in [6.45, 7) is 1.81. The molecule has 1 saturated carbocycles. The number of nitrogens with one attached hydrogen (secondary N) is 1. The zero-order valence-electron chi connectivity index (χ0n) is 15.4. The van der Waals surface area contributed by atoms with Crippen molar-refractivity contribution in [2.24, 2.45) is 11.8 Å². The lowest BCUT2D eigenvalue weighted by Crippen LogP contribution is -2.45. The Hall–Kier alpha value is -2.66. The minimum Gasteiger partial charge on any atom is -0.445 e. The Labute approximate surface area is 159 Å². The molecule has 0 spiro atoms. The fourth-order valence-corrected chi connectivity index (χ4v) is 4.22. The lowest BCUT2D eigenvalue weighted by Gasteiger charge is -2.32. The van der Waals surface area contributed by atoms with E-state index in [1.807, 2.05) is 30.3 Å². The number of anilines is 1. The minimum absolute atomic E-state index is 0.0295. The molecule has 5 heteroatoms. The number of ether oxygens (including phenoxy) is 1. The van der Waals surface area contributed by atoms with E-state index in [0.29, 0.717) is 28.7 Å². The van der Waals surface area contributed by atoms with Crippen molar-refractivity contribution in [3.8, 4) is 0 Å². The van der Waals surface area contributed by atoms with Gasteiger partial charge in [-0.1, -0.05) is 42.5 Å². The van der Waals surface area contributed by atoms with Crippen LogP contribution in [-0.2, 0) is 4.74 Å². The molecule has 2 aliphatic rings. The van der Waals surface area contributed by atoms with E-state index in [0.717, 1.165) is 25.9 Å². The number of nitrogens with zero attached hydrogens (tertiary/aromatic N) is 1. The van der Waals surface area contributed by atoms with Crippen LogP contribution in [0.5, 0.6) is 0 Å². The van der Waals surface area contributed by atoms with Crippen LogP contribution in [-0.4, -0.2) is 38.1 Å². The molecule has 1 amide bonds. The summed E-state index contributed by atoms with van der Waals surface area (Å²) in [4.78, 5) is 27.2. The Morgan fingerprint density at radius 3 is 2.30 bits per heavy atom. The first kappa shape index (κ1) is 17.7. The van der Waals surface area contributed by atoms with E-state index in [2.05, 4.69) is 5.32 Å². The Bertz CT molecular complexity index is 820. The molecule has 0 aromatic heterocycles.